The van der Waals surface area contributed by atoms with E-state index in [-0.39, 0.29) is 11.3 Å². The minimum absolute atomic E-state index is 0.0414. The van der Waals surface area contributed by atoms with Crippen LogP contribution in [0.15, 0.2) is 48.6 Å². The van der Waals surface area contributed by atoms with Crippen LogP contribution in [0.5, 0.6) is 0 Å². The van der Waals surface area contributed by atoms with E-state index in [2.05, 4.69) is 5.32 Å². The van der Waals surface area contributed by atoms with E-state index in [1.54, 1.807) is 30.4 Å². The average molecular weight is 230 g/mol. The van der Waals surface area contributed by atoms with Crippen molar-refractivity contribution in [3.63, 3.8) is 0 Å². The minimum Gasteiger partial charge on any atom is -0.545 e. The molecule has 0 saturated heterocycles. The van der Waals surface area contributed by atoms with E-state index in [1.165, 1.54) is 18.2 Å². The van der Waals surface area contributed by atoms with Crippen molar-refractivity contribution in [1.82, 2.24) is 0 Å². The summed E-state index contributed by atoms with van der Waals surface area (Å²) in [6, 6.07) is 6.08. The van der Waals surface area contributed by atoms with Crippen molar-refractivity contribution in [2.45, 2.75) is 6.92 Å². The van der Waals surface area contributed by atoms with Gasteiger partial charge >= 0.3 is 0 Å². The van der Waals surface area contributed by atoms with Crippen molar-refractivity contribution in [2.24, 2.45) is 0 Å². The molecule has 0 unspecified atom stereocenters. The number of carboxylic acids is 1. The first-order valence-electron chi connectivity index (χ1n) is 5.06. The summed E-state index contributed by atoms with van der Waals surface area (Å²) in [6.07, 6.45) is 6.35. The molecule has 0 atom stereocenters. The van der Waals surface area contributed by atoms with Crippen LogP contribution in [0.1, 0.15) is 17.3 Å². The molecule has 0 bridgehead atoms. The van der Waals surface area contributed by atoms with Crippen LogP contribution in [0.2, 0.25) is 0 Å². The van der Waals surface area contributed by atoms with Gasteiger partial charge in [-0.05, 0) is 13.0 Å². The molecular formula is C13H12NO3-. The van der Waals surface area contributed by atoms with Gasteiger partial charge in [0.25, 0.3) is 0 Å². The van der Waals surface area contributed by atoms with Gasteiger partial charge in [-0.25, -0.2) is 0 Å². The van der Waals surface area contributed by atoms with E-state index in [4.69, 9.17) is 0 Å². The number of allylic oxidation sites excluding steroid dienone is 3. The number of carboxylic acid groups (broad SMARTS) is 1. The number of hydrogen-bond acceptors (Lipinski definition) is 3. The van der Waals surface area contributed by atoms with Gasteiger partial charge in [0, 0.05) is 11.6 Å². The van der Waals surface area contributed by atoms with Gasteiger partial charge in [0.1, 0.15) is 0 Å². The Balaban J connectivity index is 2.81. The second kappa shape index (κ2) is 6.27. The largest absolute Gasteiger partial charge is 0.545 e. The average Bonchev–Trinajstić information content (AvgIpc) is 2.29. The second-order valence-corrected chi connectivity index (χ2v) is 3.21. The number of hydrogen-bond donors (Lipinski definition) is 1. The van der Waals surface area contributed by atoms with Crippen LogP contribution >= 0.6 is 0 Å². The van der Waals surface area contributed by atoms with Gasteiger partial charge in [-0.2, -0.15) is 0 Å². The van der Waals surface area contributed by atoms with Crippen molar-refractivity contribution in [1.29, 1.82) is 0 Å². The fraction of sp³-hybridized carbons (Fsp3) is 0.0769. The topological polar surface area (TPSA) is 69.2 Å². The predicted octanol–water partition coefficient (Wildman–Crippen LogP) is 1.12. The normalized spacial score (nSPS) is 10.9. The Morgan fingerprint density at radius 2 is 1.94 bits per heavy atom. The smallest absolute Gasteiger partial charge is 0.248 e. The van der Waals surface area contributed by atoms with Crippen LogP contribution < -0.4 is 10.4 Å². The van der Waals surface area contributed by atoms with Crippen molar-refractivity contribution in [2.75, 3.05) is 5.32 Å². The maximum atomic E-state index is 11.4. The molecule has 1 aromatic carbocycles. The van der Waals surface area contributed by atoms with Gasteiger partial charge in [-0.15, -0.1) is 0 Å². The highest BCUT2D eigenvalue weighted by Gasteiger charge is 2.04. The van der Waals surface area contributed by atoms with Crippen LogP contribution in [-0.4, -0.2) is 11.9 Å². The van der Waals surface area contributed by atoms with E-state index in [0.29, 0.717) is 0 Å². The highest BCUT2D eigenvalue weighted by atomic mass is 16.4. The fourth-order valence-corrected chi connectivity index (χ4v) is 1.20. The molecule has 0 heterocycles. The summed E-state index contributed by atoms with van der Waals surface area (Å²) < 4.78 is 0. The van der Waals surface area contributed by atoms with Crippen LogP contribution in [0.25, 0.3) is 0 Å². The summed E-state index contributed by atoms with van der Waals surface area (Å²) in [5.41, 5.74) is 0.183. The highest BCUT2D eigenvalue weighted by Crippen LogP contribution is 2.13. The quantitative estimate of drug-likeness (QED) is 0.622. The second-order valence-electron chi connectivity index (χ2n) is 3.21. The Morgan fingerprint density at radius 1 is 1.24 bits per heavy atom. The molecule has 88 valence electrons. The first kappa shape index (κ1) is 12.7. The van der Waals surface area contributed by atoms with Gasteiger partial charge in [-0.3, -0.25) is 4.79 Å². The zero-order valence-corrected chi connectivity index (χ0v) is 9.34. The number of benzene rings is 1. The molecule has 0 aromatic heterocycles. The molecule has 0 aliphatic rings. The van der Waals surface area contributed by atoms with Crippen molar-refractivity contribution in [3.8, 4) is 0 Å². The third kappa shape index (κ3) is 3.95. The lowest BCUT2D eigenvalue weighted by atomic mass is 10.2. The van der Waals surface area contributed by atoms with Crippen LogP contribution in [0, 0.1) is 0 Å². The number of nitrogens with one attached hydrogen (secondary N) is 1. The van der Waals surface area contributed by atoms with Crippen LogP contribution in [-0.2, 0) is 4.79 Å². The molecule has 0 radical (unpaired) electrons. The Hall–Kier alpha value is -2.36. The molecule has 4 heteroatoms. The Bertz CT molecular complexity index is 475. The van der Waals surface area contributed by atoms with Gasteiger partial charge in [-0.1, -0.05) is 36.4 Å². The van der Waals surface area contributed by atoms with E-state index < -0.39 is 11.9 Å². The standard InChI is InChI=1S/C13H13NO3/c1-2-3-4-9-12(15)14-11-8-6-5-7-10(11)13(16)17/h2-9H,1H3,(H,14,15)(H,16,17)/p-1/b3-2+,9-4+. The molecule has 0 saturated carbocycles. The van der Waals surface area contributed by atoms with Crippen LogP contribution in [0.4, 0.5) is 5.69 Å². The van der Waals surface area contributed by atoms with E-state index >= 15 is 0 Å². The summed E-state index contributed by atoms with van der Waals surface area (Å²) in [5.74, 6) is -1.71. The Labute approximate surface area is 99.3 Å². The van der Waals surface area contributed by atoms with Crippen molar-refractivity contribution >= 4 is 17.6 Å². The molecule has 0 aliphatic carbocycles. The zero-order chi connectivity index (χ0) is 12.7. The SMILES string of the molecule is C/C=C/C=C/C(=O)Nc1ccccc1C(=O)[O-]. The lowest BCUT2D eigenvalue weighted by Gasteiger charge is -2.09. The fourth-order valence-electron chi connectivity index (χ4n) is 1.20. The number of anilines is 1. The van der Waals surface area contributed by atoms with Crippen molar-refractivity contribution < 1.29 is 14.7 Å². The van der Waals surface area contributed by atoms with E-state index in [1.807, 2.05) is 6.92 Å². The third-order valence-electron chi connectivity index (χ3n) is 1.96. The molecule has 1 rings (SSSR count). The summed E-state index contributed by atoms with van der Waals surface area (Å²) in [7, 11) is 0. The first-order valence-corrected chi connectivity index (χ1v) is 5.06. The third-order valence-corrected chi connectivity index (χ3v) is 1.96. The maximum Gasteiger partial charge on any atom is 0.248 e. The number of carbonyl (C=O) groups is 2. The summed E-state index contributed by atoms with van der Waals surface area (Å²) in [5, 5.41) is 13.2. The molecule has 1 N–H and O–H groups in total. The summed E-state index contributed by atoms with van der Waals surface area (Å²) in [6.45, 7) is 1.83. The lowest BCUT2D eigenvalue weighted by Crippen LogP contribution is -2.24. The molecular weight excluding hydrogens is 218 g/mol. The number of rotatable bonds is 4. The number of amides is 1. The lowest BCUT2D eigenvalue weighted by molar-refractivity contribution is -0.254. The van der Waals surface area contributed by atoms with Gasteiger partial charge in [0.2, 0.25) is 5.91 Å². The van der Waals surface area contributed by atoms with E-state index in [9.17, 15) is 14.7 Å². The minimum atomic E-state index is -1.32. The number of para-hydroxylation sites is 1. The van der Waals surface area contributed by atoms with E-state index in [0.717, 1.165) is 0 Å². The first-order chi connectivity index (χ1) is 8.15. The van der Waals surface area contributed by atoms with Gasteiger partial charge in [0.05, 0.1) is 11.7 Å². The summed E-state index contributed by atoms with van der Waals surface area (Å²) >= 11 is 0. The Morgan fingerprint density at radius 3 is 2.59 bits per heavy atom. The monoisotopic (exact) mass is 230 g/mol. The Kier molecular flexibility index (Phi) is 4.69. The number of aromatic carboxylic acids is 1. The van der Waals surface area contributed by atoms with Gasteiger partial charge in [0.15, 0.2) is 0 Å². The number of carbonyl (C=O) groups excluding carboxylic acids is 2. The van der Waals surface area contributed by atoms with Crippen LogP contribution in [0.3, 0.4) is 0 Å². The predicted molar refractivity (Wildman–Crippen MR) is 63.4 cm³/mol. The van der Waals surface area contributed by atoms with Crippen molar-refractivity contribution in [3.05, 3.63) is 54.1 Å². The molecule has 1 aromatic rings. The molecule has 4 nitrogen and oxygen atoms in total. The molecule has 0 fully saturated rings. The molecule has 17 heavy (non-hydrogen) atoms. The molecule has 0 spiro atoms. The summed E-state index contributed by atoms with van der Waals surface area (Å²) in [4.78, 5) is 22.2. The molecule has 0 aliphatic heterocycles. The zero-order valence-electron chi connectivity index (χ0n) is 9.34. The highest BCUT2D eigenvalue weighted by molar-refractivity contribution is 6.04. The van der Waals surface area contributed by atoms with Gasteiger partial charge < -0.3 is 15.2 Å². The molecule has 1 amide bonds. The maximum absolute atomic E-state index is 11.4.